The van der Waals surface area contributed by atoms with Gasteiger partial charge < -0.3 is 20.4 Å². The fourth-order valence-corrected chi connectivity index (χ4v) is 3.56. The van der Waals surface area contributed by atoms with Crippen LogP contribution in [0, 0.1) is 0 Å². The van der Waals surface area contributed by atoms with Crippen LogP contribution < -0.4 is 5.32 Å². The number of hydrogen-bond donors (Lipinski definition) is 3. The molecule has 3 N–H and O–H groups in total. The van der Waals surface area contributed by atoms with Crippen molar-refractivity contribution in [3.8, 4) is 0 Å². The summed E-state index contributed by atoms with van der Waals surface area (Å²) in [6.45, 7) is 1.45. The number of rotatable bonds is 8. The van der Waals surface area contributed by atoms with E-state index in [9.17, 15) is 14.7 Å². The zero-order valence-corrected chi connectivity index (χ0v) is 16.6. The molecule has 3 rings (SSSR count). The molecule has 1 fully saturated rings. The zero-order valence-electron chi connectivity index (χ0n) is 15.8. The van der Waals surface area contributed by atoms with Gasteiger partial charge in [-0.05, 0) is 42.8 Å². The Bertz CT molecular complexity index is 897. The molecule has 0 bridgehead atoms. The summed E-state index contributed by atoms with van der Waals surface area (Å²) >= 11 is 5.92. The van der Waals surface area contributed by atoms with Crippen molar-refractivity contribution in [3.05, 3.63) is 76.3 Å². The average molecular weight is 415 g/mol. The molecule has 1 saturated heterocycles. The molecule has 7 heteroatoms. The normalized spacial score (nSPS) is 18.4. The van der Waals surface area contributed by atoms with Gasteiger partial charge in [0.25, 0.3) is 11.7 Å². The van der Waals surface area contributed by atoms with Gasteiger partial charge in [-0.15, -0.1) is 0 Å². The number of aliphatic hydroxyl groups excluding tert-OH is 2. The van der Waals surface area contributed by atoms with Crippen LogP contribution in [-0.4, -0.2) is 53.0 Å². The molecular formula is C22H23ClN2O4. The zero-order chi connectivity index (χ0) is 20.8. The lowest BCUT2D eigenvalue weighted by molar-refractivity contribution is -0.139. The van der Waals surface area contributed by atoms with Gasteiger partial charge in [-0.3, -0.25) is 9.59 Å². The molecule has 1 aliphatic heterocycles. The highest BCUT2D eigenvalue weighted by Gasteiger charge is 2.45. The number of carbonyl (C=O) groups is 2. The highest BCUT2D eigenvalue weighted by Crippen LogP contribution is 2.39. The van der Waals surface area contributed by atoms with Gasteiger partial charge in [-0.2, -0.15) is 0 Å². The topological polar surface area (TPSA) is 89.9 Å². The number of benzene rings is 2. The summed E-state index contributed by atoms with van der Waals surface area (Å²) in [7, 11) is 0. The van der Waals surface area contributed by atoms with Crippen molar-refractivity contribution in [1.29, 1.82) is 0 Å². The van der Waals surface area contributed by atoms with Crippen molar-refractivity contribution in [2.45, 2.75) is 12.5 Å². The van der Waals surface area contributed by atoms with Crippen molar-refractivity contribution in [2.24, 2.45) is 0 Å². The number of halogens is 1. The smallest absolute Gasteiger partial charge is 0.295 e. The number of hydrogen-bond acceptors (Lipinski definition) is 5. The summed E-state index contributed by atoms with van der Waals surface area (Å²) in [4.78, 5) is 27.1. The lowest BCUT2D eigenvalue weighted by atomic mass is 9.95. The van der Waals surface area contributed by atoms with Gasteiger partial charge in [0, 0.05) is 23.7 Å². The van der Waals surface area contributed by atoms with Crippen LogP contribution in [0.15, 0.2) is 60.2 Å². The summed E-state index contributed by atoms with van der Waals surface area (Å²) in [6, 6.07) is 15.0. The molecule has 2 aromatic rings. The molecule has 1 unspecified atom stereocenters. The van der Waals surface area contributed by atoms with Gasteiger partial charge in [0.05, 0.1) is 18.2 Å². The lowest BCUT2D eigenvalue weighted by Gasteiger charge is -2.25. The summed E-state index contributed by atoms with van der Waals surface area (Å²) in [5.74, 6) is -1.54. The van der Waals surface area contributed by atoms with E-state index in [-0.39, 0.29) is 17.9 Å². The number of amides is 1. The molecular weight excluding hydrogens is 392 g/mol. The van der Waals surface area contributed by atoms with Crippen LogP contribution in [0.2, 0.25) is 5.02 Å². The first kappa shape index (κ1) is 21.0. The van der Waals surface area contributed by atoms with E-state index >= 15 is 0 Å². The standard InChI is InChI=1S/C22H23ClN2O4/c23-17-9-7-16(8-10-17)20(27)18-19(15-5-2-1-3-6-15)25(22(29)21(18)28)13-4-11-24-12-14-26/h1-3,5-10,19,24,26-27H,4,11-14H2. The molecule has 6 nitrogen and oxygen atoms in total. The van der Waals surface area contributed by atoms with Crippen LogP contribution in [0.25, 0.3) is 5.76 Å². The van der Waals surface area contributed by atoms with Gasteiger partial charge in [-0.25, -0.2) is 0 Å². The molecule has 0 saturated carbocycles. The number of aliphatic hydroxyl groups is 2. The van der Waals surface area contributed by atoms with Crippen molar-refractivity contribution in [3.63, 3.8) is 0 Å². The first-order valence-corrected chi connectivity index (χ1v) is 9.83. The van der Waals surface area contributed by atoms with Crippen molar-refractivity contribution < 1.29 is 19.8 Å². The molecule has 2 aromatic carbocycles. The monoisotopic (exact) mass is 414 g/mol. The Kier molecular flexibility index (Phi) is 7.04. The summed E-state index contributed by atoms with van der Waals surface area (Å²) in [6.07, 6.45) is 0.608. The number of nitrogens with zero attached hydrogens (tertiary/aromatic N) is 1. The lowest BCUT2D eigenvalue weighted by Crippen LogP contribution is -2.32. The molecule has 0 radical (unpaired) electrons. The Labute approximate surface area is 174 Å². The van der Waals surface area contributed by atoms with E-state index in [0.717, 1.165) is 5.56 Å². The maximum Gasteiger partial charge on any atom is 0.295 e. The predicted octanol–water partition coefficient (Wildman–Crippen LogP) is 2.73. The first-order valence-electron chi connectivity index (χ1n) is 9.45. The van der Waals surface area contributed by atoms with Gasteiger partial charge in [0.2, 0.25) is 0 Å². The van der Waals surface area contributed by atoms with Crippen LogP contribution in [-0.2, 0) is 9.59 Å². The van der Waals surface area contributed by atoms with Gasteiger partial charge in [0.1, 0.15) is 5.76 Å². The van der Waals surface area contributed by atoms with Gasteiger partial charge in [-0.1, -0.05) is 41.9 Å². The molecule has 1 atom stereocenters. The second-order valence-electron chi connectivity index (χ2n) is 6.74. The van der Waals surface area contributed by atoms with Crippen molar-refractivity contribution in [2.75, 3.05) is 26.2 Å². The Morgan fingerprint density at radius 2 is 1.72 bits per heavy atom. The molecule has 1 aliphatic rings. The predicted molar refractivity (Wildman–Crippen MR) is 111 cm³/mol. The second kappa shape index (κ2) is 9.69. The molecule has 152 valence electrons. The third kappa shape index (κ3) is 4.67. The highest BCUT2D eigenvalue weighted by molar-refractivity contribution is 6.46. The Balaban J connectivity index is 1.97. The van der Waals surface area contributed by atoms with Crippen LogP contribution in [0.3, 0.4) is 0 Å². The SMILES string of the molecule is O=C1C(=O)N(CCCNCCO)C(c2ccccc2)C1=C(O)c1ccc(Cl)cc1. The van der Waals surface area contributed by atoms with Gasteiger partial charge >= 0.3 is 0 Å². The van der Waals surface area contributed by atoms with E-state index in [1.54, 1.807) is 24.3 Å². The minimum atomic E-state index is -0.699. The minimum Gasteiger partial charge on any atom is -0.507 e. The van der Waals surface area contributed by atoms with Crippen LogP contribution in [0.5, 0.6) is 0 Å². The highest BCUT2D eigenvalue weighted by atomic mass is 35.5. The van der Waals surface area contributed by atoms with E-state index in [4.69, 9.17) is 16.7 Å². The largest absolute Gasteiger partial charge is 0.507 e. The molecule has 0 aromatic heterocycles. The number of ketones is 1. The maximum atomic E-state index is 12.8. The Hall–Kier alpha value is -2.67. The number of nitrogens with one attached hydrogen (secondary N) is 1. The third-order valence-corrected chi connectivity index (χ3v) is 5.07. The summed E-state index contributed by atoms with van der Waals surface area (Å²) < 4.78 is 0. The number of likely N-dealkylation sites (tertiary alicyclic amines) is 1. The van der Waals surface area contributed by atoms with E-state index in [1.165, 1.54) is 4.90 Å². The Morgan fingerprint density at radius 3 is 2.38 bits per heavy atom. The van der Waals surface area contributed by atoms with Crippen molar-refractivity contribution in [1.82, 2.24) is 10.2 Å². The van der Waals surface area contributed by atoms with E-state index < -0.39 is 17.7 Å². The fourth-order valence-electron chi connectivity index (χ4n) is 3.43. The molecule has 0 aliphatic carbocycles. The summed E-state index contributed by atoms with van der Waals surface area (Å²) in [5.41, 5.74) is 1.26. The van der Waals surface area contributed by atoms with E-state index in [1.807, 2.05) is 30.3 Å². The minimum absolute atomic E-state index is 0.0373. The Morgan fingerprint density at radius 1 is 1.03 bits per heavy atom. The van der Waals surface area contributed by atoms with Crippen LogP contribution >= 0.6 is 11.6 Å². The fraction of sp³-hybridized carbons (Fsp3) is 0.273. The maximum absolute atomic E-state index is 12.8. The van der Waals surface area contributed by atoms with E-state index in [0.29, 0.717) is 36.6 Å². The molecule has 29 heavy (non-hydrogen) atoms. The number of carbonyl (C=O) groups excluding carboxylic acids is 2. The quantitative estimate of drug-likeness (QED) is 0.267. The van der Waals surface area contributed by atoms with Crippen LogP contribution in [0.4, 0.5) is 0 Å². The molecule has 1 amide bonds. The van der Waals surface area contributed by atoms with Gasteiger partial charge in [0.15, 0.2) is 0 Å². The molecule has 0 spiro atoms. The average Bonchev–Trinajstić information content (AvgIpc) is 2.99. The third-order valence-electron chi connectivity index (χ3n) is 4.81. The summed E-state index contributed by atoms with van der Waals surface area (Å²) in [5, 5.41) is 23.3. The van der Waals surface area contributed by atoms with E-state index in [2.05, 4.69) is 5.32 Å². The number of Topliss-reactive ketones (excluding diaryl/α,β-unsaturated/α-hetero) is 1. The van der Waals surface area contributed by atoms with Crippen LogP contribution in [0.1, 0.15) is 23.6 Å². The molecule has 1 heterocycles. The first-order chi connectivity index (χ1) is 14.0. The van der Waals surface area contributed by atoms with Crippen molar-refractivity contribution >= 4 is 29.1 Å². The second-order valence-corrected chi connectivity index (χ2v) is 7.17.